The zero-order valence-electron chi connectivity index (χ0n) is 24.2. The molecule has 1 aliphatic heterocycles. The zero-order chi connectivity index (χ0) is 30.6. The van der Waals surface area contributed by atoms with Crippen molar-refractivity contribution in [2.45, 2.75) is 98.3 Å². The molecule has 1 N–H and O–H groups in total. The number of halogens is 3. The molecule has 1 aromatic rings. The third-order valence-corrected chi connectivity index (χ3v) is 13.0. The number of piperazine rings is 1. The first-order valence-corrected chi connectivity index (χ1v) is 17.5. The van der Waals surface area contributed by atoms with E-state index in [9.17, 15) is 32.0 Å². The van der Waals surface area contributed by atoms with Crippen molar-refractivity contribution in [2.75, 3.05) is 31.1 Å². The molecule has 4 saturated carbocycles. The van der Waals surface area contributed by atoms with Crippen molar-refractivity contribution in [3.63, 3.8) is 0 Å². The van der Waals surface area contributed by atoms with Gasteiger partial charge in [-0.25, -0.2) is 17.2 Å². The highest BCUT2D eigenvalue weighted by Crippen LogP contribution is 2.45. The number of sulfone groups is 1. The van der Waals surface area contributed by atoms with Gasteiger partial charge in [0, 0.05) is 69.0 Å². The summed E-state index contributed by atoms with van der Waals surface area (Å²) in [5.41, 5.74) is -0.0970. The minimum Gasteiger partial charge on any atom is -0.369 e. The first-order chi connectivity index (χ1) is 20.4. The molecule has 1 heterocycles. The van der Waals surface area contributed by atoms with Crippen molar-refractivity contribution in [1.29, 1.82) is 5.26 Å². The fraction of sp³-hybridized carbons (Fsp3) is 0.710. The minimum atomic E-state index is -4.00. The third-order valence-electron chi connectivity index (χ3n) is 10.3. The highest BCUT2D eigenvalue weighted by atomic mass is 35.5. The van der Waals surface area contributed by atoms with E-state index in [1.165, 1.54) is 18.9 Å². The molecule has 6 rings (SSSR count). The summed E-state index contributed by atoms with van der Waals surface area (Å²) in [5.74, 6) is -5.52. The molecule has 4 aliphatic carbocycles. The van der Waals surface area contributed by atoms with E-state index in [1.54, 1.807) is 12.1 Å². The number of carbonyl (C=O) groups excluding carboxylic acids is 2. The van der Waals surface area contributed by atoms with E-state index >= 15 is 0 Å². The molecule has 12 heteroatoms. The molecule has 0 spiro atoms. The maximum Gasteiger partial charge on any atom is 0.248 e. The Morgan fingerprint density at radius 3 is 2.33 bits per heavy atom. The number of ketones is 1. The Labute approximate surface area is 257 Å². The fourth-order valence-corrected chi connectivity index (χ4v) is 9.68. The molecule has 8 nitrogen and oxygen atoms in total. The first kappa shape index (κ1) is 30.7. The van der Waals surface area contributed by atoms with Crippen LogP contribution >= 0.6 is 11.6 Å². The second kappa shape index (κ2) is 11.6. The predicted molar refractivity (Wildman–Crippen MR) is 158 cm³/mol. The second-order valence-corrected chi connectivity index (χ2v) is 16.0. The number of benzene rings is 1. The molecule has 1 aromatic carbocycles. The normalized spacial score (nSPS) is 30.1. The van der Waals surface area contributed by atoms with Crippen LogP contribution in [0.15, 0.2) is 23.1 Å². The second-order valence-electron chi connectivity index (χ2n) is 13.4. The smallest absolute Gasteiger partial charge is 0.248 e. The number of alkyl halides is 2. The Morgan fingerprint density at radius 2 is 1.74 bits per heavy atom. The Kier molecular flexibility index (Phi) is 8.27. The molecule has 1 saturated heterocycles. The number of nitrogens with one attached hydrogen (secondary N) is 1. The van der Waals surface area contributed by atoms with E-state index in [-0.39, 0.29) is 53.7 Å². The van der Waals surface area contributed by atoms with Gasteiger partial charge in [-0.3, -0.25) is 14.5 Å². The average molecular weight is 637 g/mol. The summed E-state index contributed by atoms with van der Waals surface area (Å²) >= 11 is 6.60. The molecule has 0 radical (unpaired) electrons. The zero-order valence-corrected chi connectivity index (χ0v) is 25.8. The van der Waals surface area contributed by atoms with Crippen molar-refractivity contribution < 1.29 is 26.8 Å². The fourth-order valence-electron chi connectivity index (χ4n) is 7.31. The number of nitrogens with zero attached hydrogens (tertiary/aromatic N) is 3. The van der Waals surface area contributed by atoms with Crippen molar-refractivity contribution in [1.82, 2.24) is 10.2 Å². The van der Waals surface area contributed by atoms with Gasteiger partial charge in [0.2, 0.25) is 11.8 Å². The molecule has 5 aliphatic rings. The van der Waals surface area contributed by atoms with Crippen LogP contribution in [0.3, 0.4) is 0 Å². The molecule has 1 amide bonds. The van der Waals surface area contributed by atoms with Gasteiger partial charge in [-0.05, 0) is 75.5 Å². The summed E-state index contributed by atoms with van der Waals surface area (Å²) in [5, 5.41) is 11.3. The summed E-state index contributed by atoms with van der Waals surface area (Å²) in [6.07, 6.45) is 3.66. The third kappa shape index (κ3) is 6.57. The summed E-state index contributed by atoms with van der Waals surface area (Å²) in [6.45, 7) is 3.59. The molecule has 234 valence electrons. The lowest BCUT2D eigenvalue weighted by atomic mass is 9.87. The van der Waals surface area contributed by atoms with Crippen LogP contribution in [0.1, 0.15) is 70.6 Å². The van der Waals surface area contributed by atoms with Gasteiger partial charge in [-0.1, -0.05) is 11.6 Å². The van der Waals surface area contributed by atoms with Gasteiger partial charge in [0.05, 0.1) is 21.2 Å². The highest BCUT2D eigenvalue weighted by molar-refractivity contribution is 7.92. The lowest BCUT2D eigenvalue weighted by Crippen LogP contribution is -2.47. The van der Waals surface area contributed by atoms with E-state index < -0.39 is 44.3 Å². The number of hydrogen-bond acceptors (Lipinski definition) is 7. The van der Waals surface area contributed by atoms with Crippen LogP contribution < -0.4 is 10.2 Å². The summed E-state index contributed by atoms with van der Waals surface area (Å²) in [6, 6.07) is 7.80. The van der Waals surface area contributed by atoms with E-state index in [0.717, 1.165) is 31.9 Å². The molecule has 0 aromatic heterocycles. The predicted octanol–water partition coefficient (Wildman–Crippen LogP) is 4.75. The Hall–Kier alpha value is -2.29. The molecule has 0 bridgehead atoms. The molecular weight excluding hydrogens is 598 g/mol. The summed E-state index contributed by atoms with van der Waals surface area (Å²) < 4.78 is 55.2. The van der Waals surface area contributed by atoms with E-state index in [1.807, 2.05) is 0 Å². The minimum absolute atomic E-state index is 0.0179. The van der Waals surface area contributed by atoms with Crippen molar-refractivity contribution in [3.8, 4) is 6.07 Å². The maximum absolute atomic E-state index is 13.9. The van der Waals surface area contributed by atoms with Crippen LogP contribution in [-0.4, -0.2) is 73.9 Å². The number of rotatable bonds is 10. The Morgan fingerprint density at radius 1 is 1.05 bits per heavy atom. The van der Waals surface area contributed by atoms with E-state index in [2.05, 4.69) is 21.2 Å². The summed E-state index contributed by atoms with van der Waals surface area (Å²) in [7, 11) is -4.00. The average Bonchev–Trinajstić information content (AvgIpc) is 3.89. The largest absolute Gasteiger partial charge is 0.369 e. The molecule has 5 fully saturated rings. The number of carbonyl (C=O) groups is 2. The molecule has 1 unspecified atom stereocenters. The van der Waals surface area contributed by atoms with Crippen molar-refractivity contribution in [3.05, 3.63) is 23.2 Å². The lowest BCUT2D eigenvalue weighted by molar-refractivity contribution is -0.133. The van der Waals surface area contributed by atoms with Crippen LogP contribution in [0, 0.1) is 29.1 Å². The molecule has 43 heavy (non-hydrogen) atoms. The molecule has 4 atom stereocenters. The van der Waals surface area contributed by atoms with Crippen LogP contribution in [0.25, 0.3) is 0 Å². The van der Waals surface area contributed by atoms with Gasteiger partial charge < -0.3 is 10.2 Å². The summed E-state index contributed by atoms with van der Waals surface area (Å²) in [4.78, 5) is 31.5. The van der Waals surface area contributed by atoms with Gasteiger partial charge in [0.15, 0.2) is 9.84 Å². The number of nitriles is 1. The topological polar surface area (TPSA) is 111 Å². The van der Waals surface area contributed by atoms with Crippen LogP contribution in [0.4, 0.5) is 14.5 Å². The van der Waals surface area contributed by atoms with Crippen LogP contribution in [0.2, 0.25) is 5.02 Å². The quantitative estimate of drug-likeness (QED) is 0.395. The van der Waals surface area contributed by atoms with E-state index in [4.69, 9.17) is 11.6 Å². The maximum atomic E-state index is 13.9. The van der Waals surface area contributed by atoms with Crippen LogP contribution in [-0.2, 0) is 19.4 Å². The Balaban J connectivity index is 1.16. The van der Waals surface area contributed by atoms with Crippen molar-refractivity contribution in [2.24, 2.45) is 17.8 Å². The number of amides is 1. The van der Waals surface area contributed by atoms with Gasteiger partial charge in [0.25, 0.3) is 0 Å². The van der Waals surface area contributed by atoms with Gasteiger partial charge >= 0.3 is 0 Å². The monoisotopic (exact) mass is 636 g/mol. The van der Waals surface area contributed by atoms with Gasteiger partial charge in [-0.15, -0.1) is 0 Å². The first-order valence-electron chi connectivity index (χ1n) is 15.6. The van der Waals surface area contributed by atoms with Gasteiger partial charge in [0.1, 0.15) is 11.3 Å². The Bertz CT molecular complexity index is 1420. The van der Waals surface area contributed by atoms with Gasteiger partial charge in [-0.2, -0.15) is 5.26 Å². The SMILES string of the molecule is N#CC1(NC(=O)[C@@H]2C[C@@H](S(=O)(=O)c3ccc(N4CCN(C5CC5)CC4)cc3Cl)C[C@H]2C(=O)CCC2CCC(F)(F)C2)CC1. The molecular formula is C31H39ClF2N4O4S. The number of anilines is 1. The van der Waals surface area contributed by atoms with Crippen LogP contribution in [0.5, 0.6) is 0 Å². The van der Waals surface area contributed by atoms with E-state index in [0.29, 0.717) is 31.7 Å². The number of hydrogen-bond donors (Lipinski definition) is 1. The standard InChI is InChI=1S/C31H39ClF2N4O4S/c32-26-15-22(38-13-11-37(12-14-38)21-2-3-21)4-6-28(26)43(41,42)23-16-24(25(17-23)29(40)36-30(19-35)9-10-30)27(39)5-1-20-7-8-31(33,34)18-20/h4,6,15,20-21,23-25H,1-3,5,7-14,16-18H2,(H,36,40)/t20?,23-,24+,25+/m0/s1. The highest BCUT2D eigenvalue weighted by Gasteiger charge is 2.51. The lowest BCUT2D eigenvalue weighted by Gasteiger charge is -2.36. The van der Waals surface area contributed by atoms with Crippen molar-refractivity contribution >= 4 is 38.8 Å². The number of Topliss-reactive ketones (excluding diaryl/α,β-unsaturated/α-hetero) is 1.